The topological polar surface area (TPSA) is 75.9 Å². The number of anilines is 1. The third kappa shape index (κ3) is 4.95. The molecular weight excluding hydrogens is 402 g/mol. The molecule has 0 radical (unpaired) electrons. The first-order valence-corrected chi connectivity index (χ1v) is 11.2. The number of nitrogens with one attached hydrogen (secondary N) is 1. The maximum Gasteiger partial charge on any atom is 0.206 e. The Morgan fingerprint density at radius 3 is 2.76 bits per heavy atom. The summed E-state index contributed by atoms with van der Waals surface area (Å²) in [6.45, 7) is 5.40. The molecule has 0 saturated carbocycles. The number of aliphatic hydroxyl groups is 1. The molecule has 0 aliphatic carbocycles. The zero-order valence-corrected chi connectivity index (χ0v) is 18.0. The number of hydrogen-bond donors (Lipinski definition) is 2. The number of aromatic nitrogens is 4. The molecule has 29 heavy (non-hydrogen) atoms. The molecule has 0 aliphatic heterocycles. The average molecular weight is 426 g/mol. The summed E-state index contributed by atoms with van der Waals surface area (Å²) in [5, 5.41) is 23.0. The van der Waals surface area contributed by atoms with Gasteiger partial charge in [0.25, 0.3) is 0 Å². The molecule has 0 spiro atoms. The number of thioether (sulfide) groups is 1. The van der Waals surface area contributed by atoms with Crippen LogP contribution in [0.2, 0.25) is 0 Å². The molecule has 6 nitrogen and oxygen atoms in total. The number of imidazole rings is 1. The van der Waals surface area contributed by atoms with Gasteiger partial charge in [-0.15, -0.1) is 10.2 Å². The Morgan fingerprint density at radius 2 is 1.93 bits per heavy atom. The summed E-state index contributed by atoms with van der Waals surface area (Å²) in [6, 6.07) is 14.4. The monoisotopic (exact) mass is 425 g/mol. The van der Waals surface area contributed by atoms with Crippen molar-refractivity contribution < 1.29 is 5.11 Å². The highest BCUT2D eigenvalue weighted by Gasteiger charge is 2.12. The van der Waals surface area contributed by atoms with E-state index >= 15 is 0 Å². The van der Waals surface area contributed by atoms with Crippen LogP contribution in [0.5, 0.6) is 0 Å². The molecule has 1 atom stereocenters. The number of nitrogens with zero attached hydrogens (tertiary/aromatic N) is 4. The second kappa shape index (κ2) is 8.94. The molecule has 0 saturated heterocycles. The molecule has 2 N–H and O–H groups in total. The minimum absolute atomic E-state index is 0.497. The smallest absolute Gasteiger partial charge is 0.206 e. The first kappa shape index (κ1) is 19.9. The van der Waals surface area contributed by atoms with E-state index in [9.17, 15) is 5.11 Å². The molecule has 2 aromatic carbocycles. The van der Waals surface area contributed by atoms with Crippen molar-refractivity contribution in [1.29, 1.82) is 0 Å². The quantitative estimate of drug-likeness (QED) is 0.411. The highest BCUT2D eigenvalue weighted by Crippen LogP contribution is 2.27. The van der Waals surface area contributed by atoms with Crippen molar-refractivity contribution in [3.8, 4) is 0 Å². The van der Waals surface area contributed by atoms with E-state index in [1.807, 2.05) is 22.8 Å². The summed E-state index contributed by atoms with van der Waals surface area (Å²) in [7, 11) is 0. The van der Waals surface area contributed by atoms with E-state index < -0.39 is 6.10 Å². The number of benzene rings is 2. The van der Waals surface area contributed by atoms with Gasteiger partial charge in [0.15, 0.2) is 4.34 Å². The zero-order chi connectivity index (χ0) is 20.2. The van der Waals surface area contributed by atoms with Crippen molar-refractivity contribution in [2.75, 3.05) is 11.1 Å². The van der Waals surface area contributed by atoms with Crippen LogP contribution in [0.1, 0.15) is 16.7 Å². The van der Waals surface area contributed by atoms with Crippen LogP contribution >= 0.6 is 23.1 Å². The maximum absolute atomic E-state index is 10.5. The Labute approximate surface area is 178 Å². The third-order valence-electron chi connectivity index (χ3n) is 4.74. The fourth-order valence-corrected chi connectivity index (χ4v) is 4.71. The summed E-state index contributed by atoms with van der Waals surface area (Å²) in [5.74, 6) is 0.553. The fourth-order valence-electron chi connectivity index (χ4n) is 3.02. The van der Waals surface area contributed by atoms with Crippen molar-refractivity contribution in [2.45, 2.75) is 37.4 Å². The first-order valence-electron chi connectivity index (χ1n) is 9.43. The van der Waals surface area contributed by atoms with Crippen molar-refractivity contribution in [1.82, 2.24) is 19.7 Å². The summed E-state index contributed by atoms with van der Waals surface area (Å²) >= 11 is 3.03. The van der Waals surface area contributed by atoms with E-state index in [0.29, 0.717) is 12.3 Å². The van der Waals surface area contributed by atoms with Crippen molar-refractivity contribution in [3.05, 3.63) is 65.5 Å². The summed E-state index contributed by atoms with van der Waals surface area (Å²) in [5.41, 5.74) is 5.68. The lowest BCUT2D eigenvalue weighted by Gasteiger charge is -2.11. The van der Waals surface area contributed by atoms with Crippen molar-refractivity contribution in [3.63, 3.8) is 0 Å². The van der Waals surface area contributed by atoms with E-state index in [1.165, 1.54) is 39.8 Å². The predicted molar refractivity (Wildman–Crippen MR) is 120 cm³/mol. The van der Waals surface area contributed by atoms with Gasteiger partial charge >= 0.3 is 0 Å². The average Bonchev–Trinajstić information content (AvgIpc) is 3.33. The van der Waals surface area contributed by atoms with Crippen LogP contribution in [0.15, 0.2) is 53.1 Å². The van der Waals surface area contributed by atoms with Gasteiger partial charge in [0.05, 0.1) is 30.0 Å². The van der Waals surface area contributed by atoms with Gasteiger partial charge in [0.2, 0.25) is 5.13 Å². The Hall–Kier alpha value is -2.42. The van der Waals surface area contributed by atoms with E-state index in [-0.39, 0.29) is 0 Å². The first-order chi connectivity index (χ1) is 14.1. The van der Waals surface area contributed by atoms with Gasteiger partial charge in [-0.05, 0) is 42.7 Å². The van der Waals surface area contributed by atoms with Gasteiger partial charge in [0.1, 0.15) is 0 Å². The Balaban J connectivity index is 1.30. The molecule has 0 bridgehead atoms. The van der Waals surface area contributed by atoms with Gasteiger partial charge in [-0.1, -0.05) is 53.4 Å². The fraction of sp³-hybridized carbons (Fsp3) is 0.286. The number of aryl methyl sites for hydroxylation is 2. The summed E-state index contributed by atoms with van der Waals surface area (Å²) < 4.78 is 2.86. The van der Waals surface area contributed by atoms with E-state index in [1.54, 1.807) is 6.33 Å². The molecule has 0 aliphatic rings. The van der Waals surface area contributed by atoms with Gasteiger partial charge in [0, 0.05) is 12.3 Å². The van der Waals surface area contributed by atoms with Crippen molar-refractivity contribution >= 4 is 39.3 Å². The van der Waals surface area contributed by atoms with Crippen LogP contribution in [0.4, 0.5) is 5.13 Å². The lowest BCUT2D eigenvalue weighted by Crippen LogP contribution is -2.18. The van der Waals surface area contributed by atoms with Gasteiger partial charge in [-0.25, -0.2) is 4.98 Å². The summed E-state index contributed by atoms with van der Waals surface area (Å²) in [6.07, 6.45) is 1.30. The van der Waals surface area contributed by atoms with Crippen LogP contribution in [0.25, 0.3) is 11.0 Å². The highest BCUT2D eigenvalue weighted by atomic mass is 32.2. The molecule has 0 fully saturated rings. The Bertz CT molecular complexity index is 1090. The zero-order valence-electron chi connectivity index (χ0n) is 16.4. The number of aliphatic hydroxyl groups excluding tert-OH is 1. The molecule has 2 heterocycles. The van der Waals surface area contributed by atoms with E-state index in [4.69, 9.17) is 0 Å². The summed E-state index contributed by atoms with van der Waals surface area (Å²) in [4.78, 5) is 4.46. The Kier molecular flexibility index (Phi) is 6.13. The normalized spacial score (nSPS) is 12.4. The van der Waals surface area contributed by atoms with Crippen molar-refractivity contribution in [2.24, 2.45) is 0 Å². The van der Waals surface area contributed by atoms with Crippen LogP contribution in [-0.4, -0.2) is 36.7 Å². The standard InChI is InChI=1S/C21H23N5OS2/c1-14-8-18-19(9-15(14)2)26(13-23-18)11-17(27)12-28-21-25-24-20(29-21)22-10-16-6-4-3-5-7-16/h3-9,13,17,27H,10-12H2,1-2H3,(H,22,24). The molecule has 0 amide bonds. The number of rotatable bonds is 8. The van der Waals surface area contributed by atoms with E-state index in [2.05, 4.69) is 58.6 Å². The van der Waals surface area contributed by atoms with Crippen LogP contribution in [0.3, 0.4) is 0 Å². The maximum atomic E-state index is 10.5. The van der Waals surface area contributed by atoms with Gasteiger partial charge in [-0.2, -0.15) is 0 Å². The van der Waals surface area contributed by atoms with Crippen LogP contribution in [-0.2, 0) is 13.1 Å². The molecular formula is C21H23N5OS2. The Morgan fingerprint density at radius 1 is 1.14 bits per heavy atom. The molecule has 2 aromatic heterocycles. The predicted octanol–water partition coefficient (Wildman–Crippen LogP) is 4.27. The lowest BCUT2D eigenvalue weighted by atomic mass is 10.1. The SMILES string of the molecule is Cc1cc2ncn(CC(O)CSc3nnc(NCc4ccccc4)s3)c2cc1C. The van der Waals surface area contributed by atoms with Crippen LogP contribution < -0.4 is 5.32 Å². The second-order valence-electron chi connectivity index (χ2n) is 7.00. The van der Waals surface area contributed by atoms with Gasteiger partial charge in [-0.3, -0.25) is 0 Å². The number of hydrogen-bond acceptors (Lipinski definition) is 7. The highest BCUT2D eigenvalue weighted by molar-refractivity contribution is 8.01. The molecule has 8 heteroatoms. The largest absolute Gasteiger partial charge is 0.390 e. The second-order valence-corrected chi connectivity index (χ2v) is 9.24. The van der Waals surface area contributed by atoms with Gasteiger partial charge < -0.3 is 15.0 Å². The molecule has 150 valence electrons. The molecule has 1 unspecified atom stereocenters. The number of fused-ring (bicyclic) bond motifs is 1. The minimum Gasteiger partial charge on any atom is -0.390 e. The minimum atomic E-state index is -0.497. The van der Waals surface area contributed by atoms with E-state index in [0.717, 1.165) is 27.0 Å². The third-order valence-corrected chi connectivity index (χ3v) is 6.90. The lowest BCUT2D eigenvalue weighted by molar-refractivity contribution is 0.179. The molecule has 4 aromatic rings. The molecule has 4 rings (SSSR count). The van der Waals surface area contributed by atoms with Crippen LogP contribution in [0, 0.1) is 13.8 Å².